The van der Waals surface area contributed by atoms with Crippen molar-refractivity contribution in [3.8, 4) is 0 Å². The van der Waals surface area contributed by atoms with E-state index in [9.17, 15) is 0 Å². The van der Waals surface area contributed by atoms with Gasteiger partial charge in [0.25, 0.3) is 0 Å². The Balaban J connectivity index is 1.63. The van der Waals surface area contributed by atoms with E-state index < -0.39 is 0 Å². The Morgan fingerprint density at radius 3 is 2.40 bits per heavy atom. The molecule has 0 amide bonds. The summed E-state index contributed by atoms with van der Waals surface area (Å²) in [7, 11) is 0. The molecule has 1 saturated carbocycles. The zero-order valence-electron chi connectivity index (χ0n) is 13.1. The molecule has 1 spiro atoms. The van der Waals surface area contributed by atoms with Gasteiger partial charge in [0.15, 0.2) is 5.79 Å². The molecule has 2 unspecified atom stereocenters. The van der Waals surface area contributed by atoms with Crippen molar-refractivity contribution in [1.82, 2.24) is 4.90 Å². The molecule has 3 fully saturated rings. The topological polar surface area (TPSA) is 47.7 Å². The predicted molar refractivity (Wildman–Crippen MR) is 79.5 cm³/mol. The lowest BCUT2D eigenvalue weighted by Gasteiger charge is -2.48. The Labute approximate surface area is 123 Å². The summed E-state index contributed by atoms with van der Waals surface area (Å²) in [4.78, 5) is 2.61. The van der Waals surface area contributed by atoms with Gasteiger partial charge < -0.3 is 15.2 Å². The molecule has 0 aromatic carbocycles. The number of piperidine rings is 1. The average molecular weight is 282 g/mol. The van der Waals surface area contributed by atoms with Crippen molar-refractivity contribution >= 4 is 0 Å². The number of hydrogen-bond acceptors (Lipinski definition) is 4. The Hall–Kier alpha value is -0.160. The van der Waals surface area contributed by atoms with E-state index in [4.69, 9.17) is 15.2 Å². The number of nitrogens with zero attached hydrogens (tertiary/aromatic N) is 1. The van der Waals surface area contributed by atoms with Crippen molar-refractivity contribution in [2.24, 2.45) is 11.1 Å². The average Bonchev–Trinajstić information content (AvgIpc) is 2.91. The Kier molecular flexibility index (Phi) is 4.10. The number of rotatable bonds is 2. The van der Waals surface area contributed by atoms with E-state index in [1.807, 2.05) is 0 Å². The van der Waals surface area contributed by atoms with Crippen molar-refractivity contribution in [3.05, 3.63) is 0 Å². The van der Waals surface area contributed by atoms with Gasteiger partial charge in [0.2, 0.25) is 0 Å². The lowest BCUT2D eigenvalue weighted by Crippen LogP contribution is -2.58. The van der Waals surface area contributed by atoms with E-state index in [0.717, 1.165) is 32.5 Å². The van der Waals surface area contributed by atoms with Crippen LogP contribution in [0.5, 0.6) is 0 Å². The van der Waals surface area contributed by atoms with Gasteiger partial charge in [-0.05, 0) is 37.8 Å². The maximum Gasteiger partial charge on any atom is 0.170 e. The summed E-state index contributed by atoms with van der Waals surface area (Å²) in [6.45, 7) is 8.59. The molecule has 4 heteroatoms. The molecule has 2 aliphatic heterocycles. The highest BCUT2D eigenvalue weighted by Crippen LogP contribution is 2.40. The van der Waals surface area contributed by atoms with Crippen LogP contribution < -0.4 is 5.73 Å². The summed E-state index contributed by atoms with van der Waals surface area (Å²) in [5, 5.41) is 0. The van der Waals surface area contributed by atoms with E-state index in [1.165, 1.54) is 32.4 Å². The highest BCUT2D eigenvalue weighted by atomic mass is 16.7. The normalized spacial score (nSPS) is 37.4. The highest BCUT2D eigenvalue weighted by Gasteiger charge is 2.46. The minimum atomic E-state index is -0.313. The largest absolute Gasteiger partial charge is 0.347 e. The molecule has 0 aromatic heterocycles. The number of likely N-dealkylation sites (tertiary alicyclic amines) is 1. The minimum absolute atomic E-state index is 0.277. The lowest BCUT2D eigenvalue weighted by molar-refractivity contribution is -0.193. The van der Waals surface area contributed by atoms with Crippen LogP contribution in [-0.2, 0) is 9.47 Å². The van der Waals surface area contributed by atoms with Crippen LogP contribution in [0.2, 0.25) is 0 Å². The molecule has 3 rings (SSSR count). The van der Waals surface area contributed by atoms with Crippen molar-refractivity contribution in [1.29, 1.82) is 0 Å². The molecule has 2 atom stereocenters. The summed E-state index contributed by atoms with van der Waals surface area (Å²) in [5.41, 5.74) is 6.94. The number of ether oxygens (including phenoxy) is 2. The minimum Gasteiger partial charge on any atom is -0.347 e. The SMILES string of the molecule is CCC1(C)CCN(C2CC3(CCC2N)OCCO3)CC1. The summed E-state index contributed by atoms with van der Waals surface area (Å²) < 4.78 is 11.8. The summed E-state index contributed by atoms with van der Waals surface area (Å²) in [6, 6.07) is 0.711. The fourth-order valence-electron chi connectivity index (χ4n) is 4.06. The van der Waals surface area contributed by atoms with Crippen LogP contribution in [0.4, 0.5) is 0 Å². The third-order valence-corrected chi connectivity index (χ3v) is 6.01. The van der Waals surface area contributed by atoms with Crippen LogP contribution >= 0.6 is 0 Å². The van der Waals surface area contributed by atoms with Crippen molar-refractivity contribution < 1.29 is 9.47 Å². The van der Waals surface area contributed by atoms with Crippen molar-refractivity contribution in [3.63, 3.8) is 0 Å². The van der Waals surface area contributed by atoms with Crippen LogP contribution in [0.15, 0.2) is 0 Å². The third kappa shape index (κ3) is 2.76. The molecule has 2 N–H and O–H groups in total. The first-order valence-electron chi connectivity index (χ1n) is 8.33. The van der Waals surface area contributed by atoms with Crippen LogP contribution in [0.25, 0.3) is 0 Å². The standard InChI is InChI=1S/C16H30N2O2/c1-3-15(2)6-8-18(9-7-15)14-12-16(5-4-13(14)17)19-10-11-20-16/h13-14H,3-12,17H2,1-2H3. The van der Waals surface area contributed by atoms with E-state index in [1.54, 1.807) is 0 Å². The third-order valence-electron chi connectivity index (χ3n) is 6.01. The zero-order chi connectivity index (χ0) is 14.2. The summed E-state index contributed by atoms with van der Waals surface area (Å²) >= 11 is 0. The molecule has 2 heterocycles. The van der Waals surface area contributed by atoms with Gasteiger partial charge in [-0.2, -0.15) is 0 Å². The zero-order valence-corrected chi connectivity index (χ0v) is 13.1. The number of hydrogen-bond donors (Lipinski definition) is 1. The molecule has 4 nitrogen and oxygen atoms in total. The van der Waals surface area contributed by atoms with Gasteiger partial charge in [-0.3, -0.25) is 4.90 Å². The molecule has 116 valence electrons. The van der Waals surface area contributed by atoms with E-state index in [-0.39, 0.29) is 11.8 Å². The van der Waals surface area contributed by atoms with Gasteiger partial charge in [0, 0.05) is 24.9 Å². The Bertz CT molecular complexity index is 333. The molecule has 1 aliphatic carbocycles. The van der Waals surface area contributed by atoms with Gasteiger partial charge in [0.05, 0.1) is 13.2 Å². The predicted octanol–water partition coefficient (Wildman–Crippen LogP) is 2.12. The molecule has 20 heavy (non-hydrogen) atoms. The van der Waals surface area contributed by atoms with Gasteiger partial charge in [-0.25, -0.2) is 0 Å². The van der Waals surface area contributed by atoms with Gasteiger partial charge in [-0.1, -0.05) is 20.3 Å². The van der Waals surface area contributed by atoms with E-state index in [0.29, 0.717) is 11.5 Å². The second-order valence-corrected chi connectivity index (χ2v) is 7.28. The molecule has 0 aromatic rings. The smallest absolute Gasteiger partial charge is 0.170 e. The highest BCUT2D eigenvalue weighted by molar-refractivity contribution is 4.97. The van der Waals surface area contributed by atoms with E-state index in [2.05, 4.69) is 18.7 Å². The maximum absolute atomic E-state index is 6.41. The molecular formula is C16H30N2O2. The monoisotopic (exact) mass is 282 g/mol. The molecule has 2 saturated heterocycles. The first kappa shape index (κ1) is 14.8. The Morgan fingerprint density at radius 1 is 1.15 bits per heavy atom. The second kappa shape index (κ2) is 5.56. The Morgan fingerprint density at radius 2 is 1.80 bits per heavy atom. The maximum atomic E-state index is 6.41. The van der Waals surface area contributed by atoms with Gasteiger partial charge in [0.1, 0.15) is 0 Å². The lowest BCUT2D eigenvalue weighted by atomic mass is 9.76. The fourth-order valence-corrected chi connectivity index (χ4v) is 4.06. The van der Waals surface area contributed by atoms with Crippen LogP contribution in [0.1, 0.15) is 52.4 Å². The first-order valence-corrected chi connectivity index (χ1v) is 8.33. The summed E-state index contributed by atoms with van der Waals surface area (Å²) in [6.07, 6.45) is 6.81. The van der Waals surface area contributed by atoms with Crippen LogP contribution in [0.3, 0.4) is 0 Å². The molecule has 0 bridgehead atoms. The van der Waals surface area contributed by atoms with E-state index >= 15 is 0 Å². The fraction of sp³-hybridized carbons (Fsp3) is 1.00. The molecule has 0 radical (unpaired) electrons. The first-order chi connectivity index (χ1) is 9.56. The number of nitrogens with two attached hydrogens (primary N) is 1. The van der Waals surface area contributed by atoms with Gasteiger partial charge in [-0.15, -0.1) is 0 Å². The quantitative estimate of drug-likeness (QED) is 0.843. The van der Waals surface area contributed by atoms with Gasteiger partial charge >= 0.3 is 0 Å². The summed E-state index contributed by atoms with van der Waals surface area (Å²) in [5.74, 6) is -0.313. The van der Waals surface area contributed by atoms with Crippen molar-refractivity contribution in [2.75, 3.05) is 26.3 Å². The molecule has 3 aliphatic rings. The van der Waals surface area contributed by atoms with Crippen LogP contribution in [-0.4, -0.2) is 49.1 Å². The second-order valence-electron chi connectivity index (χ2n) is 7.28. The van der Waals surface area contributed by atoms with Crippen molar-refractivity contribution in [2.45, 2.75) is 70.2 Å². The molecular weight excluding hydrogens is 252 g/mol. The van der Waals surface area contributed by atoms with Crippen LogP contribution in [0, 0.1) is 5.41 Å².